The van der Waals surface area contributed by atoms with Crippen LogP contribution in [0.25, 0.3) is 0 Å². The van der Waals surface area contributed by atoms with Gasteiger partial charge in [-0.3, -0.25) is 0 Å². The zero-order chi connectivity index (χ0) is 13.9. The van der Waals surface area contributed by atoms with Gasteiger partial charge in [0.05, 0.1) is 15.0 Å². The highest BCUT2D eigenvalue weighted by atomic mass is 127. The molecular weight excluding hydrogens is 357 g/mol. The highest BCUT2D eigenvalue weighted by Gasteiger charge is 2.22. The summed E-state index contributed by atoms with van der Waals surface area (Å²) in [4.78, 5) is 9.08. The summed E-state index contributed by atoms with van der Waals surface area (Å²) in [6, 6.07) is 0. The third-order valence-corrected chi connectivity index (χ3v) is 5.10. The molecule has 0 saturated carbocycles. The summed E-state index contributed by atoms with van der Waals surface area (Å²) in [6.07, 6.45) is 1.16. The van der Waals surface area contributed by atoms with Gasteiger partial charge in [0.1, 0.15) is 11.6 Å². The first kappa shape index (κ1) is 16.0. The number of aromatic nitrogens is 2. The Morgan fingerprint density at radius 3 is 2.44 bits per heavy atom. The van der Waals surface area contributed by atoms with Crippen molar-refractivity contribution in [3.63, 3.8) is 0 Å². The molecule has 0 spiro atoms. The van der Waals surface area contributed by atoms with E-state index in [2.05, 4.69) is 62.2 Å². The Labute approximate surface area is 128 Å². The lowest BCUT2D eigenvalue weighted by atomic mass is 9.92. The number of halogens is 1. The van der Waals surface area contributed by atoms with Gasteiger partial charge in [-0.15, -0.1) is 0 Å². The minimum absolute atomic E-state index is 0.00335. The van der Waals surface area contributed by atoms with Gasteiger partial charge in [-0.25, -0.2) is 9.97 Å². The smallest absolute Gasteiger partial charge is 0.140 e. The van der Waals surface area contributed by atoms with Crippen LogP contribution in [0.5, 0.6) is 0 Å². The fraction of sp³-hybridized carbons (Fsp3) is 0.692. The van der Waals surface area contributed by atoms with E-state index in [1.807, 2.05) is 11.8 Å². The molecule has 0 bridgehead atoms. The van der Waals surface area contributed by atoms with Gasteiger partial charge in [-0.1, -0.05) is 34.6 Å². The molecule has 0 aliphatic carbocycles. The number of hydrogen-bond acceptors (Lipinski definition) is 4. The van der Waals surface area contributed by atoms with Crippen molar-refractivity contribution in [2.24, 2.45) is 0 Å². The molecule has 0 fully saturated rings. The number of nitrogens with two attached hydrogens (primary N) is 1. The lowest BCUT2D eigenvalue weighted by Gasteiger charge is -2.21. The molecule has 102 valence electrons. The van der Waals surface area contributed by atoms with Crippen molar-refractivity contribution in [1.29, 1.82) is 0 Å². The van der Waals surface area contributed by atoms with E-state index in [1.54, 1.807) is 0 Å². The second-order valence-electron chi connectivity index (χ2n) is 5.47. The first-order chi connectivity index (χ1) is 8.25. The van der Waals surface area contributed by atoms with Crippen LogP contribution in [0.1, 0.15) is 52.6 Å². The second-order valence-corrected chi connectivity index (χ2v) is 7.97. The van der Waals surface area contributed by atoms with Crippen LogP contribution in [0.3, 0.4) is 0 Å². The zero-order valence-corrected chi connectivity index (χ0v) is 14.7. The summed E-state index contributed by atoms with van der Waals surface area (Å²) in [5.74, 6) is 2.29. The van der Waals surface area contributed by atoms with Crippen LogP contribution in [0.15, 0.2) is 0 Å². The van der Waals surface area contributed by atoms with E-state index in [4.69, 9.17) is 10.7 Å². The lowest BCUT2D eigenvalue weighted by Crippen LogP contribution is -2.19. The molecule has 2 N–H and O–H groups in total. The van der Waals surface area contributed by atoms with Gasteiger partial charge in [0.25, 0.3) is 0 Å². The molecule has 0 amide bonds. The molecule has 0 radical (unpaired) electrons. The number of hydrogen-bond donors (Lipinski definition) is 1. The topological polar surface area (TPSA) is 51.8 Å². The standard InChI is InChI=1S/C13H22IN3S/c1-6-8(2)18-7-9-16-11(13(3,4)5)10(14)12(15)17-9/h8H,6-7H2,1-5H3,(H2,15,16,17). The molecule has 0 aromatic carbocycles. The largest absolute Gasteiger partial charge is 0.383 e. The van der Waals surface area contributed by atoms with Crippen LogP contribution in [0.4, 0.5) is 5.82 Å². The maximum absolute atomic E-state index is 5.99. The molecule has 5 heteroatoms. The van der Waals surface area contributed by atoms with E-state index in [0.29, 0.717) is 11.1 Å². The average Bonchev–Trinajstić information content (AvgIpc) is 2.28. The predicted molar refractivity (Wildman–Crippen MR) is 88.9 cm³/mol. The van der Waals surface area contributed by atoms with Crippen LogP contribution in [-0.4, -0.2) is 15.2 Å². The van der Waals surface area contributed by atoms with Gasteiger partial charge in [0, 0.05) is 10.7 Å². The van der Waals surface area contributed by atoms with Gasteiger partial charge < -0.3 is 5.73 Å². The van der Waals surface area contributed by atoms with Crippen molar-refractivity contribution in [2.75, 3.05) is 5.73 Å². The molecule has 18 heavy (non-hydrogen) atoms. The maximum atomic E-state index is 5.99. The summed E-state index contributed by atoms with van der Waals surface area (Å²) in [6.45, 7) is 10.9. The van der Waals surface area contributed by atoms with Gasteiger partial charge in [0.15, 0.2) is 0 Å². The number of anilines is 1. The molecule has 1 heterocycles. The molecule has 1 rings (SSSR count). The number of thioether (sulfide) groups is 1. The fourth-order valence-corrected chi connectivity index (χ4v) is 3.26. The van der Waals surface area contributed by atoms with Crippen LogP contribution in [-0.2, 0) is 11.2 Å². The molecule has 0 aliphatic heterocycles. The Morgan fingerprint density at radius 1 is 1.33 bits per heavy atom. The molecule has 1 atom stereocenters. The fourth-order valence-electron chi connectivity index (χ4n) is 1.41. The number of nitrogen functional groups attached to an aromatic ring is 1. The van der Waals surface area contributed by atoms with E-state index in [0.717, 1.165) is 27.3 Å². The summed E-state index contributed by atoms with van der Waals surface area (Å²) >= 11 is 4.12. The van der Waals surface area contributed by atoms with Crippen molar-refractivity contribution in [3.8, 4) is 0 Å². The third kappa shape index (κ3) is 4.26. The highest BCUT2D eigenvalue weighted by Crippen LogP contribution is 2.29. The van der Waals surface area contributed by atoms with E-state index >= 15 is 0 Å². The average molecular weight is 379 g/mol. The molecule has 1 unspecified atom stereocenters. The molecule has 3 nitrogen and oxygen atoms in total. The van der Waals surface area contributed by atoms with E-state index in [-0.39, 0.29) is 5.41 Å². The van der Waals surface area contributed by atoms with Crippen LogP contribution in [0, 0.1) is 3.57 Å². The second kappa shape index (κ2) is 6.41. The zero-order valence-electron chi connectivity index (χ0n) is 11.7. The number of nitrogens with zero attached hydrogens (tertiary/aromatic N) is 2. The molecular formula is C13H22IN3S. The Balaban J connectivity index is 2.98. The van der Waals surface area contributed by atoms with E-state index < -0.39 is 0 Å². The Bertz CT molecular complexity index is 415. The highest BCUT2D eigenvalue weighted by molar-refractivity contribution is 14.1. The Hall–Kier alpha value is -0.0400. The van der Waals surface area contributed by atoms with Crippen molar-refractivity contribution in [3.05, 3.63) is 15.1 Å². The van der Waals surface area contributed by atoms with Crippen molar-refractivity contribution in [2.45, 2.75) is 57.5 Å². The first-order valence-corrected chi connectivity index (χ1v) is 8.32. The lowest BCUT2D eigenvalue weighted by molar-refractivity contribution is 0.560. The van der Waals surface area contributed by atoms with Crippen LogP contribution in [0.2, 0.25) is 0 Å². The molecule has 0 aliphatic rings. The van der Waals surface area contributed by atoms with E-state index in [9.17, 15) is 0 Å². The van der Waals surface area contributed by atoms with Crippen molar-refractivity contribution >= 4 is 40.2 Å². The summed E-state index contributed by atoms with van der Waals surface area (Å²) in [5, 5.41) is 0.632. The van der Waals surface area contributed by atoms with Gasteiger partial charge in [0.2, 0.25) is 0 Å². The number of rotatable bonds is 4. The van der Waals surface area contributed by atoms with Gasteiger partial charge in [-0.2, -0.15) is 11.8 Å². The van der Waals surface area contributed by atoms with Crippen LogP contribution >= 0.6 is 34.4 Å². The van der Waals surface area contributed by atoms with Crippen molar-refractivity contribution < 1.29 is 0 Å². The molecule has 1 aromatic heterocycles. The van der Waals surface area contributed by atoms with Crippen molar-refractivity contribution in [1.82, 2.24) is 9.97 Å². The summed E-state index contributed by atoms with van der Waals surface area (Å²) in [5.41, 5.74) is 7.04. The molecule has 1 aromatic rings. The Morgan fingerprint density at radius 2 is 1.94 bits per heavy atom. The quantitative estimate of drug-likeness (QED) is 0.804. The van der Waals surface area contributed by atoms with Crippen LogP contribution < -0.4 is 5.73 Å². The minimum atomic E-state index is 0.00335. The maximum Gasteiger partial charge on any atom is 0.140 e. The summed E-state index contributed by atoms with van der Waals surface area (Å²) in [7, 11) is 0. The van der Waals surface area contributed by atoms with Gasteiger partial charge >= 0.3 is 0 Å². The van der Waals surface area contributed by atoms with E-state index in [1.165, 1.54) is 0 Å². The monoisotopic (exact) mass is 379 g/mol. The third-order valence-electron chi connectivity index (χ3n) is 2.71. The Kier molecular flexibility index (Phi) is 5.70. The minimum Gasteiger partial charge on any atom is -0.383 e. The first-order valence-electron chi connectivity index (χ1n) is 6.19. The normalized spacial score (nSPS) is 13.7. The predicted octanol–water partition coefficient (Wildman–Crippen LogP) is 3.99. The SMILES string of the molecule is CCC(C)SCc1nc(N)c(I)c(C(C)(C)C)n1. The molecule has 0 saturated heterocycles. The summed E-state index contributed by atoms with van der Waals surface area (Å²) < 4.78 is 0.984. The van der Waals surface area contributed by atoms with Gasteiger partial charge in [-0.05, 0) is 29.0 Å².